The maximum atomic E-state index is 2.33. The molecule has 188 valence electrons. The summed E-state index contributed by atoms with van der Waals surface area (Å²) in [5, 5.41) is 4.18. The molecule has 0 aliphatic heterocycles. The van der Waals surface area contributed by atoms with Gasteiger partial charge in [-0.2, -0.15) is 0 Å². The Bertz CT molecular complexity index is 879. The maximum absolute atomic E-state index is 2.33. The van der Waals surface area contributed by atoms with Gasteiger partial charge in [0.2, 0.25) is 0 Å². The molecule has 0 aliphatic rings. The van der Waals surface area contributed by atoms with Gasteiger partial charge in [-0.1, -0.05) is 0 Å². The second-order valence-electron chi connectivity index (χ2n) is 10.9. The van der Waals surface area contributed by atoms with E-state index in [2.05, 4.69) is 136 Å². The predicted molar refractivity (Wildman–Crippen MR) is 144 cm³/mol. The Morgan fingerprint density at radius 2 is 0.529 bits per heavy atom. The molecule has 0 amide bonds. The van der Waals surface area contributed by atoms with E-state index < -0.39 is 7.92 Å². The van der Waals surface area contributed by atoms with Gasteiger partial charge < -0.3 is 37.2 Å². The van der Waals surface area contributed by atoms with Gasteiger partial charge in [0, 0.05) is 0 Å². The van der Waals surface area contributed by atoms with Crippen molar-refractivity contribution in [1.82, 2.24) is 13.4 Å². The molecular formula is C27H39Cl3N3P. The van der Waals surface area contributed by atoms with Gasteiger partial charge in [0.15, 0.2) is 0 Å². The Morgan fingerprint density at radius 1 is 0.353 bits per heavy atom. The van der Waals surface area contributed by atoms with Crippen LogP contribution in [-0.2, 0) is 0 Å². The molecule has 3 nitrogen and oxygen atoms in total. The van der Waals surface area contributed by atoms with Crippen molar-refractivity contribution in [1.29, 1.82) is 0 Å². The number of hydrogen-bond donors (Lipinski definition) is 0. The topological polar surface area (TPSA) is 0 Å². The molecule has 0 saturated carbocycles. The zero-order valence-corrected chi connectivity index (χ0v) is 25.0. The van der Waals surface area contributed by atoms with Crippen LogP contribution < -0.4 is 66.6 Å². The van der Waals surface area contributed by atoms with E-state index in [1.165, 1.54) is 33.0 Å². The second kappa shape index (κ2) is 12.2. The maximum Gasteiger partial charge on any atom is 0.132 e. The minimum absolute atomic E-state index is 0. The van der Waals surface area contributed by atoms with E-state index in [0.717, 1.165) is 13.4 Å². The molecule has 7 heteroatoms. The van der Waals surface area contributed by atoms with E-state index in [4.69, 9.17) is 0 Å². The van der Waals surface area contributed by atoms with Crippen LogP contribution in [-0.4, -0.2) is 63.4 Å². The highest BCUT2D eigenvalue weighted by molar-refractivity contribution is 7.79. The summed E-state index contributed by atoms with van der Waals surface area (Å²) < 4.78 is 2.48. The quantitative estimate of drug-likeness (QED) is 0.216. The minimum Gasteiger partial charge on any atom is -1.00 e. The fourth-order valence-corrected chi connectivity index (χ4v) is 5.83. The smallest absolute Gasteiger partial charge is 0.132 e. The lowest BCUT2D eigenvalue weighted by atomic mass is 10.3. The normalized spacial score (nSPS) is 11.8. The summed E-state index contributed by atoms with van der Waals surface area (Å²) in [5.74, 6) is 0. The SMILES string of the molecule is C[N+](C)(C)c1ccc(P(c2ccc([N+](C)(C)C)cc2)c2ccc([N+](C)(C)C)cc2)cc1.[Cl-].[Cl-].[Cl-]. The van der Waals surface area contributed by atoms with Crippen molar-refractivity contribution >= 4 is 40.9 Å². The summed E-state index contributed by atoms with van der Waals surface area (Å²) in [4.78, 5) is 0. The Hall–Kier alpha value is -1.16. The van der Waals surface area contributed by atoms with Gasteiger partial charge in [0.05, 0.1) is 63.4 Å². The lowest BCUT2D eigenvalue weighted by molar-refractivity contribution is -0.00100. The third-order valence-corrected chi connectivity index (χ3v) is 8.09. The molecule has 3 rings (SSSR count). The molecule has 0 N–H and O–H groups in total. The van der Waals surface area contributed by atoms with E-state index in [0.29, 0.717) is 0 Å². The van der Waals surface area contributed by atoms with Crippen LogP contribution in [0.4, 0.5) is 17.1 Å². The molecule has 0 aliphatic carbocycles. The second-order valence-corrected chi connectivity index (χ2v) is 13.1. The fourth-order valence-electron chi connectivity index (χ4n) is 3.59. The summed E-state index contributed by atoms with van der Waals surface area (Å²) in [6.07, 6.45) is 0. The molecule has 0 aromatic heterocycles. The molecule has 0 fully saturated rings. The van der Waals surface area contributed by atoms with Gasteiger partial charge >= 0.3 is 0 Å². The van der Waals surface area contributed by atoms with Crippen LogP contribution in [0, 0.1) is 0 Å². The number of halogens is 3. The summed E-state index contributed by atoms with van der Waals surface area (Å²) in [6, 6.07) is 27.7. The van der Waals surface area contributed by atoms with Gasteiger partial charge in [-0.25, -0.2) is 0 Å². The number of hydrogen-bond acceptors (Lipinski definition) is 0. The average molecular weight is 543 g/mol. The third kappa shape index (κ3) is 7.93. The van der Waals surface area contributed by atoms with Crippen LogP contribution in [0.15, 0.2) is 72.8 Å². The monoisotopic (exact) mass is 541 g/mol. The molecule has 3 aromatic carbocycles. The highest BCUT2D eigenvalue weighted by Gasteiger charge is 2.21. The van der Waals surface area contributed by atoms with Crippen LogP contribution in [0.5, 0.6) is 0 Å². The van der Waals surface area contributed by atoms with Crippen LogP contribution >= 0.6 is 7.92 Å². The van der Waals surface area contributed by atoms with Crippen LogP contribution in [0.2, 0.25) is 0 Å². The predicted octanol–water partition coefficient (Wildman–Crippen LogP) is -4.95. The number of benzene rings is 3. The Labute approximate surface area is 227 Å². The fraction of sp³-hybridized carbons (Fsp3) is 0.333. The van der Waals surface area contributed by atoms with E-state index in [9.17, 15) is 0 Å². The van der Waals surface area contributed by atoms with Gasteiger partial charge in [0.25, 0.3) is 0 Å². The minimum atomic E-state index is -0.612. The van der Waals surface area contributed by atoms with E-state index in [-0.39, 0.29) is 37.2 Å². The Morgan fingerprint density at radius 3 is 0.676 bits per heavy atom. The largest absolute Gasteiger partial charge is 1.00 e. The van der Waals surface area contributed by atoms with Crippen molar-refractivity contribution in [3.63, 3.8) is 0 Å². The molecule has 0 atom stereocenters. The van der Waals surface area contributed by atoms with Gasteiger partial charge in [-0.3, -0.25) is 13.4 Å². The Balaban J connectivity index is 0.00000363. The van der Waals surface area contributed by atoms with Crippen LogP contribution in [0.25, 0.3) is 0 Å². The van der Waals surface area contributed by atoms with E-state index in [1.54, 1.807) is 0 Å². The molecule has 0 unspecified atom stereocenters. The van der Waals surface area contributed by atoms with Gasteiger partial charge in [0.1, 0.15) is 17.1 Å². The molecule has 0 radical (unpaired) electrons. The zero-order chi connectivity index (χ0) is 23.0. The number of nitrogens with zero attached hydrogens (tertiary/aromatic N) is 3. The first kappa shape index (κ1) is 32.8. The van der Waals surface area contributed by atoms with Gasteiger partial charge in [-0.15, -0.1) is 0 Å². The molecule has 0 saturated heterocycles. The van der Waals surface area contributed by atoms with Crippen LogP contribution in [0.3, 0.4) is 0 Å². The van der Waals surface area contributed by atoms with Crippen molar-refractivity contribution in [3.05, 3.63) is 72.8 Å². The summed E-state index contributed by atoms with van der Waals surface area (Å²) in [7, 11) is 19.3. The van der Waals surface area contributed by atoms with Crippen molar-refractivity contribution in [2.45, 2.75) is 0 Å². The lowest BCUT2D eigenvalue weighted by Gasteiger charge is -2.27. The molecular weight excluding hydrogens is 504 g/mol. The van der Waals surface area contributed by atoms with E-state index in [1.807, 2.05) is 0 Å². The summed E-state index contributed by atoms with van der Waals surface area (Å²) in [6.45, 7) is 0. The first-order valence-electron chi connectivity index (χ1n) is 10.8. The third-order valence-electron chi connectivity index (χ3n) is 5.65. The molecule has 34 heavy (non-hydrogen) atoms. The standard InChI is InChI=1S/C27H39N3P.3ClH/c1-28(2,3)22-10-16-25(17-11-22)31(26-18-12-23(13-19-26)29(4,5)6)27-20-14-24(15-21-27)30(7,8)9;;;/h10-21H,1-9H3;3*1H/q+3;;;/p-3. The highest BCUT2D eigenvalue weighted by atomic mass is 35.5. The van der Waals surface area contributed by atoms with Gasteiger partial charge in [-0.05, 0) is 96.6 Å². The van der Waals surface area contributed by atoms with Crippen LogP contribution in [0.1, 0.15) is 0 Å². The van der Waals surface area contributed by atoms with Crippen molar-refractivity contribution in [3.8, 4) is 0 Å². The number of rotatable bonds is 6. The Kier molecular flexibility index (Phi) is 11.8. The van der Waals surface area contributed by atoms with Crippen molar-refractivity contribution in [2.75, 3.05) is 63.4 Å². The number of quaternary nitrogens is 3. The molecule has 0 heterocycles. The lowest BCUT2D eigenvalue weighted by Crippen LogP contribution is -3.00. The van der Waals surface area contributed by atoms with E-state index >= 15 is 0 Å². The summed E-state index contributed by atoms with van der Waals surface area (Å²) >= 11 is 0. The highest BCUT2D eigenvalue weighted by Crippen LogP contribution is 2.35. The molecule has 3 aromatic rings. The molecule has 0 bridgehead atoms. The average Bonchev–Trinajstić information content (AvgIpc) is 2.67. The zero-order valence-electron chi connectivity index (χ0n) is 21.9. The molecule has 0 spiro atoms. The first-order valence-corrected chi connectivity index (χ1v) is 12.2. The van der Waals surface area contributed by atoms with Crippen molar-refractivity contribution < 1.29 is 37.2 Å². The van der Waals surface area contributed by atoms with Crippen molar-refractivity contribution in [2.24, 2.45) is 0 Å². The first-order chi connectivity index (χ1) is 14.3. The summed E-state index contributed by atoms with van der Waals surface area (Å²) in [5.41, 5.74) is 3.96.